The van der Waals surface area contributed by atoms with Gasteiger partial charge in [-0.25, -0.2) is 0 Å². The molecule has 4 heteroatoms. The van der Waals surface area contributed by atoms with Crippen LogP contribution in [0.4, 0.5) is 0 Å². The van der Waals surface area contributed by atoms with Crippen molar-refractivity contribution in [2.75, 3.05) is 13.1 Å². The molecule has 0 aromatic carbocycles. The molecule has 0 spiro atoms. The Morgan fingerprint density at radius 3 is 3.31 bits per heavy atom. The van der Waals surface area contributed by atoms with Crippen LogP contribution in [0.3, 0.4) is 0 Å². The van der Waals surface area contributed by atoms with E-state index in [0.717, 1.165) is 13.1 Å². The van der Waals surface area contributed by atoms with Gasteiger partial charge in [-0.15, -0.1) is 0 Å². The van der Waals surface area contributed by atoms with Crippen LogP contribution in [0, 0.1) is 0 Å². The summed E-state index contributed by atoms with van der Waals surface area (Å²) in [6, 6.07) is 0.362. The van der Waals surface area contributed by atoms with Gasteiger partial charge in [0.15, 0.2) is 0 Å². The molecule has 2 heterocycles. The summed E-state index contributed by atoms with van der Waals surface area (Å²) in [5.74, 6) is 0. The molecule has 0 unspecified atom stereocenters. The van der Waals surface area contributed by atoms with Gasteiger partial charge in [0.2, 0.25) is 0 Å². The van der Waals surface area contributed by atoms with E-state index in [1.165, 1.54) is 24.9 Å². The molecule has 4 nitrogen and oxygen atoms in total. The monoisotopic (exact) mass is 180 g/mol. The molecule has 1 fully saturated rings. The molecule has 1 saturated heterocycles. The zero-order valence-electron chi connectivity index (χ0n) is 7.74. The van der Waals surface area contributed by atoms with Gasteiger partial charge in [-0.05, 0) is 19.4 Å². The number of hydrogen-bond donors (Lipinski definition) is 2. The van der Waals surface area contributed by atoms with Crippen molar-refractivity contribution in [1.82, 2.24) is 15.1 Å². The molecule has 1 atom stereocenters. The van der Waals surface area contributed by atoms with Gasteiger partial charge in [-0.3, -0.25) is 10.00 Å². The highest BCUT2D eigenvalue weighted by molar-refractivity contribution is 5.02. The summed E-state index contributed by atoms with van der Waals surface area (Å²) >= 11 is 0. The normalized spacial score (nSPS) is 24.8. The van der Waals surface area contributed by atoms with Gasteiger partial charge in [-0.2, -0.15) is 5.10 Å². The van der Waals surface area contributed by atoms with Gasteiger partial charge >= 0.3 is 0 Å². The molecule has 0 bridgehead atoms. The van der Waals surface area contributed by atoms with Crippen molar-refractivity contribution in [1.29, 1.82) is 0 Å². The summed E-state index contributed by atoms with van der Waals surface area (Å²) in [6.45, 7) is 3.16. The van der Waals surface area contributed by atoms with E-state index < -0.39 is 0 Å². The van der Waals surface area contributed by atoms with Crippen molar-refractivity contribution in [2.24, 2.45) is 5.73 Å². The minimum Gasteiger partial charge on any atom is -0.327 e. The van der Waals surface area contributed by atoms with E-state index in [1.54, 1.807) is 0 Å². The van der Waals surface area contributed by atoms with Crippen LogP contribution in [-0.2, 0) is 6.54 Å². The highest BCUT2D eigenvalue weighted by Gasteiger charge is 2.16. The Kier molecular flexibility index (Phi) is 2.61. The number of aromatic nitrogens is 2. The van der Waals surface area contributed by atoms with Crippen LogP contribution in [0.5, 0.6) is 0 Å². The van der Waals surface area contributed by atoms with Crippen LogP contribution in [-0.4, -0.2) is 34.2 Å². The maximum absolute atomic E-state index is 5.89. The fourth-order valence-electron chi connectivity index (χ4n) is 1.86. The van der Waals surface area contributed by atoms with E-state index in [1.807, 2.05) is 12.4 Å². The van der Waals surface area contributed by atoms with E-state index in [4.69, 9.17) is 5.73 Å². The van der Waals surface area contributed by atoms with E-state index >= 15 is 0 Å². The van der Waals surface area contributed by atoms with Gasteiger partial charge in [0, 0.05) is 30.9 Å². The zero-order valence-corrected chi connectivity index (χ0v) is 7.74. The fourth-order valence-corrected chi connectivity index (χ4v) is 1.86. The molecule has 72 valence electrons. The smallest absolute Gasteiger partial charge is 0.0532 e. The van der Waals surface area contributed by atoms with Crippen molar-refractivity contribution in [3.05, 3.63) is 18.0 Å². The second kappa shape index (κ2) is 3.89. The van der Waals surface area contributed by atoms with Crippen molar-refractivity contribution >= 4 is 0 Å². The molecular weight excluding hydrogens is 164 g/mol. The van der Waals surface area contributed by atoms with E-state index in [9.17, 15) is 0 Å². The first-order valence-corrected chi connectivity index (χ1v) is 4.80. The number of nitrogens with zero attached hydrogens (tertiary/aromatic N) is 2. The number of rotatable bonds is 2. The number of nitrogens with two attached hydrogens (primary N) is 1. The summed E-state index contributed by atoms with van der Waals surface area (Å²) in [5.41, 5.74) is 7.13. The van der Waals surface area contributed by atoms with E-state index in [-0.39, 0.29) is 0 Å². The number of nitrogens with one attached hydrogen (secondary N) is 1. The lowest BCUT2D eigenvalue weighted by atomic mass is 10.1. The van der Waals surface area contributed by atoms with Crippen molar-refractivity contribution in [3.8, 4) is 0 Å². The Morgan fingerprint density at radius 2 is 2.62 bits per heavy atom. The Labute approximate surface area is 78.1 Å². The fraction of sp³-hybridized carbons (Fsp3) is 0.667. The summed E-state index contributed by atoms with van der Waals surface area (Å²) in [5, 5.41) is 6.75. The third-order valence-corrected chi connectivity index (χ3v) is 2.50. The molecule has 1 aliphatic rings. The first kappa shape index (κ1) is 8.72. The molecule has 1 aromatic heterocycles. The number of hydrogen-bond acceptors (Lipinski definition) is 3. The predicted octanol–water partition coefficient (Wildman–Crippen LogP) is 0.333. The summed E-state index contributed by atoms with van der Waals surface area (Å²) in [7, 11) is 0. The average Bonchev–Trinajstić information content (AvgIpc) is 2.57. The Hall–Kier alpha value is -0.870. The first-order chi connectivity index (χ1) is 6.34. The van der Waals surface area contributed by atoms with Gasteiger partial charge in [-0.1, -0.05) is 0 Å². The third-order valence-electron chi connectivity index (χ3n) is 2.50. The van der Waals surface area contributed by atoms with Crippen LogP contribution in [0.15, 0.2) is 12.4 Å². The zero-order chi connectivity index (χ0) is 9.10. The third kappa shape index (κ3) is 2.29. The number of likely N-dealkylation sites (tertiary alicyclic amines) is 1. The lowest BCUT2D eigenvalue weighted by Gasteiger charge is -2.30. The molecule has 3 N–H and O–H groups in total. The van der Waals surface area contributed by atoms with Crippen LogP contribution < -0.4 is 5.73 Å². The van der Waals surface area contributed by atoms with Crippen molar-refractivity contribution in [3.63, 3.8) is 0 Å². The van der Waals surface area contributed by atoms with Crippen LogP contribution >= 0.6 is 0 Å². The summed E-state index contributed by atoms with van der Waals surface area (Å²) in [4.78, 5) is 2.39. The summed E-state index contributed by atoms with van der Waals surface area (Å²) < 4.78 is 0. The van der Waals surface area contributed by atoms with Crippen LogP contribution in [0.1, 0.15) is 18.4 Å². The predicted molar refractivity (Wildman–Crippen MR) is 51.1 cm³/mol. The molecule has 1 aliphatic heterocycles. The maximum Gasteiger partial charge on any atom is 0.0532 e. The maximum atomic E-state index is 5.89. The molecule has 1 aromatic rings. The minimum atomic E-state index is 0.362. The SMILES string of the molecule is N[C@@H]1CCCN(Cc2cn[nH]c2)C1. The van der Waals surface area contributed by atoms with Crippen LogP contribution in [0.25, 0.3) is 0 Å². The second-order valence-corrected chi connectivity index (χ2v) is 3.74. The molecule has 2 rings (SSSR count). The first-order valence-electron chi connectivity index (χ1n) is 4.80. The standard InChI is InChI=1S/C9H16N4/c10-9-2-1-3-13(7-9)6-8-4-11-12-5-8/h4-5,9H,1-3,6-7,10H2,(H,11,12)/t9-/m1/s1. The van der Waals surface area contributed by atoms with Crippen molar-refractivity contribution < 1.29 is 0 Å². The molecular formula is C9H16N4. The van der Waals surface area contributed by atoms with Crippen molar-refractivity contribution in [2.45, 2.75) is 25.4 Å². The molecule has 13 heavy (non-hydrogen) atoms. The Balaban J connectivity index is 1.87. The van der Waals surface area contributed by atoms with Gasteiger partial charge < -0.3 is 5.73 Å². The minimum absolute atomic E-state index is 0.362. The van der Waals surface area contributed by atoms with Gasteiger partial charge in [0.1, 0.15) is 0 Å². The number of aromatic amines is 1. The van der Waals surface area contributed by atoms with E-state index in [0.29, 0.717) is 6.04 Å². The Bertz CT molecular complexity index is 244. The lowest BCUT2D eigenvalue weighted by molar-refractivity contribution is 0.201. The summed E-state index contributed by atoms with van der Waals surface area (Å²) in [6.07, 6.45) is 6.21. The molecule has 0 amide bonds. The number of piperidine rings is 1. The average molecular weight is 180 g/mol. The second-order valence-electron chi connectivity index (χ2n) is 3.74. The quantitative estimate of drug-likeness (QED) is 0.689. The highest BCUT2D eigenvalue weighted by Crippen LogP contribution is 2.11. The topological polar surface area (TPSA) is 57.9 Å². The van der Waals surface area contributed by atoms with Crippen LogP contribution in [0.2, 0.25) is 0 Å². The largest absolute Gasteiger partial charge is 0.327 e. The van der Waals surface area contributed by atoms with E-state index in [2.05, 4.69) is 15.1 Å². The van der Waals surface area contributed by atoms with Gasteiger partial charge in [0.05, 0.1) is 6.20 Å². The molecule has 0 saturated carbocycles. The molecule has 0 radical (unpaired) electrons. The molecule has 0 aliphatic carbocycles. The lowest BCUT2D eigenvalue weighted by Crippen LogP contribution is -2.42. The highest BCUT2D eigenvalue weighted by atomic mass is 15.2. The Morgan fingerprint density at radius 1 is 1.69 bits per heavy atom. The number of H-pyrrole nitrogens is 1. The van der Waals surface area contributed by atoms with Gasteiger partial charge in [0.25, 0.3) is 0 Å².